The molecular weight excluding hydrogens is 251 g/mol. The van der Waals surface area contributed by atoms with Crippen LogP contribution in [-0.2, 0) is 0 Å². The van der Waals surface area contributed by atoms with Crippen LogP contribution in [-0.4, -0.2) is 9.78 Å². The third kappa shape index (κ3) is 1.76. The van der Waals surface area contributed by atoms with E-state index >= 15 is 0 Å². The quantitative estimate of drug-likeness (QED) is 0.766. The van der Waals surface area contributed by atoms with Crippen LogP contribution in [0.4, 0.5) is 0 Å². The maximum Gasteiger partial charge on any atom is 0.0657 e. The molecule has 13 heavy (non-hydrogen) atoms. The van der Waals surface area contributed by atoms with E-state index in [0.717, 1.165) is 10.2 Å². The van der Waals surface area contributed by atoms with E-state index in [-0.39, 0.29) is 0 Å². The van der Waals surface area contributed by atoms with Crippen molar-refractivity contribution < 1.29 is 0 Å². The lowest BCUT2D eigenvalue weighted by Gasteiger charge is -2.02. The standard InChI is InChI=1S/C9H6BrClN2/c10-8-6-7(2-3-9(8)11)13-5-1-4-12-13/h1-6H. The van der Waals surface area contributed by atoms with Crippen LogP contribution in [0.3, 0.4) is 0 Å². The van der Waals surface area contributed by atoms with Gasteiger partial charge < -0.3 is 0 Å². The molecule has 0 radical (unpaired) electrons. The first kappa shape index (κ1) is 8.78. The Hall–Kier alpha value is -0.800. The molecule has 0 amide bonds. The summed E-state index contributed by atoms with van der Waals surface area (Å²) in [6.45, 7) is 0. The summed E-state index contributed by atoms with van der Waals surface area (Å²) in [7, 11) is 0. The minimum Gasteiger partial charge on any atom is -0.241 e. The van der Waals surface area contributed by atoms with Crippen LogP contribution >= 0.6 is 27.5 Å². The summed E-state index contributed by atoms with van der Waals surface area (Å²) in [6.07, 6.45) is 3.62. The predicted molar refractivity (Wildman–Crippen MR) is 56.3 cm³/mol. The molecule has 0 aliphatic rings. The zero-order chi connectivity index (χ0) is 9.26. The molecule has 0 atom stereocenters. The molecule has 1 aromatic carbocycles. The average molecular weight is 258 g/mol. The molecule has 66 valence electrons. The van der Waals surface area contributed by atoms with Crippen LogP contribution in [0.25, 0.3) is 5.69 Å². The topological polar surface area (TPSA) is 17.8 Å². The summed E-state index contributed by atoms with van der Waals surface area (Å²) >= 11 is 9.22. The second-order valence-corrected chi connectivity index (χ2v) is 3.81. The van der Waals surface area contributed by atoms with Crippen LogP contribution in [0.5, 0.6) is 0 Å². The Morgan fingerprint density at radius 1 is 1.38 bits per heavy atom. The number of hydrogen-bond acceptors (Lipinski definition) is 1. The van der Waals surface area contributed by atoms with E-state index in [1.165, 1.54) is 0 Å². The van der Waals surface area contributed by atoms with Crippen molar-refractivity contribution in [2.24, 2.45) is 0 Å². The Labute approximate surface area is 89.3 Å². The van der Waals surface area contributed by atoms with Gasteiger partial charge in [0.2, 0.25) is 0 Å². The molecule has 2 aromatic rings. The highest BCUT2D eigenvalue weighted by molar-refractivity contribution is 9.10. The molecule has 0 bridgehead atoms. The lowest BCUT2D eigenvalue weighted by molar-refractivity contribution is 0.880. The third-order valence-electron chi connectivity index (χ3n) is 1.67. The monoisotopic (exact) mass is 256 g/mol. The van der Waals surface area contributed by atoms with E-state index in [1.54, 1.807) is 10.9 Å². The molecule has 2 nitrogen and oxygen atoms in total. The van der Waals surface area contributed by atoms with Crippen LogP contribution in [0.15, 0.2) is 41.1 Å². The largest absolute Gasteiger partial charge is 0.241 e. The van der Waals surface area contributed by atoms with Gasteiger partial charge in [0.25, 0.3) is 0 Å². The van der Waals surface area contributed by atoms with Gasteiger partial charge in [-0.25, -0.2) is 4.68 Å². The molecule has 2 rings (SSSR count). The van der Waals surface area contributed by atoms with E-state index in [9.17, 15) is 0 Å². The fourth-order valence-corrected chi connectivity index (χ4v) is 1.53. The Bertz CT molecular complexity index is 412. The molecule has 4 heteroatoms. The molecule has 0 saturated carbocycles. The molecule has 0 aliphatic carbocycles. The van der Waals surface area contributed by atoms with Gasteiger partial charge in [-0.2, -0.15) is 5.10 Å². The van der Waals surface area contributed by atoms with E-state index < -0.39 is 0 Å². The van der Waals surface area contributed by atoms with Crippen molar-refractivity contribution in [1.29, 1.82) is 0 Å². The van der Waals surface area contributed by atoms with Gasteiger partial charge in [0.15, 0.2) is 0 Å². The predicted octanol–water partition coefficient (Wildman–Crippen LogP) is 3.29. The van der Waals surface area contributed by atoms with Crippen molar-refractivity contribution in [2.75, 3.05) is 0 Å². The number of hydrogen-bond donors (Lipinski definition) is 0. The summed E-state index contributed by atoms with van der Waals surface area (Å²) in [5.41, 5.74) is 0.987. The first-order valence-electron chi connectivity index (χ1n) is 3.72. The molecule has 0 aliphatic heterocycles. The zero-order valence-corrected chi connectivity index (χ0v) is 8.96. The average Bonchev–Trinajstić information content (AvgIpc) is 2.62. The van der Waals surface area contributed by atoms with Crippen molar-refractivity contribution in [3.63, 3.8) is 0 Å². The summed E-state index contributed by atoms with van der Waals surface area (Å²) in [6, 6.07) is 7.56. The highest BCUT2D eigenvalue weighted by atomic mass is 79.9. The molecule has 0 unspecified atom stereocenters. The van der Waals surface area contributed by atoms with Crippen molar-refractivity contribution in [1.82, 2.24) is 9.78 Å². The molecular formula is C9H6BrClN2. The number of halogens is 2. The lowest BCUT2D eigenvalue weighted by atomic mass is 10.3. The highest BCUT2D eigenvalue weighted by Gasteiger charge is 2.00. The van der Waals surface area contributed by atoms with E-state index in [0.29, 0.717) is 5.02 Å². The van der Waals surface area contributed by atoms with Crippen LogP contribution in [0.2, 0.25) is 5.02 Å². The van der Waals surface area contributed by atoms with Gasteiger partial charge in [0, 0.05) is 16.9 Å². The molecule has 0 saturated heterocycles. The first-order valence-corrected chi connectivity index (χ1v) is 4.89. The maximum absolute atomic E-state index is 5.87. The molecule has 0 spiro atoms. The summed E-state index contributed by atoms with van der Waals surface area (Å²) in [5.74, 6) is 0. The summed E-state index contributed by atoms with van der Waals surface area (Å²) < 4.78 is 2.66. The zero-order valence-electron chi connectivity index (χ0n) is 6.61. The number of nitrogens with zero attached hydrogens (tertiary/aromatic N) is 2. The van der Waals surface area contributed by atoms with Gasteiger partial charge in [0.05, 0.1) is 10.7 Å². The van der Waals surface area contributed by atoms with Crippen LogP contribution < -0.4 is 0 Å². The third-order valence-corrected chi connectivity index (χ3v) is 2.89. The van der Waals surface area contributed by atoms with Crippen molar-refractivity contribution in [3.05, 3.63) is 46.2 Å². The van der Waals surface area contributed by atoms with Crippen LogP contribution in [0, 0.1) is 0 Å². The first-order chi connectivity index (χ1) is 6.27. The minimum atomic E-state index is 0.705. The summed E-state index contributed by atoms with van der Waals surface area (Å²) in [4.78, 5) is 0. The molecule has 1 heterocycles. The Balaban J connectivity index is 2.49. The normalized spacial score (nSPS) is 10.3. The van der Waals surface area contributed by atoms with Gasteiger partial charge >= 0.3 is 0 Å². The van der Waals surface area contributed by atoms with Gasteiger partial charge in [-0.3, -0.25) is 0 Å². The molecule has 1 aromatic heterocycles. The van der Waals surface area contributed by atoms with Crippen molar-refractivity contribution >= 4 is 27.5 Å². The Morgan fingerprint density at radius 2 is 2.23 bits per heavy atom. The van der Waals surface area contributed by atoms with Crippen LogP contribution in [0.1, 0.15) is 0 Å². The molecule has 0 N–H and O–H groups in total. The minimum absolute atomic E-state index is 0.705. The second kappa shape index (κ2) is 3.52. The van der Waals surface area contributed by atoms with Crippen molar-refractivity contribution in [3.8, 4) is 5.69 Å². The molecule has 0 fully saturated rings. The maximum atomic E-state index is 5.87. The van der Waals surface area contributed by atoms with E-state index in [1.807, 2.05) is 30.5 Å². The van der Waals surface area contributed by atoms with E-state index in [4.69, 9.17) is 11.6 Å². The van der Waals surface area contributed by atoms with Gasteiger partial charge in [-0.15, -0.1) is 0 Å². The van der Waals surface area contributed by atoms with Gasteiger partial charge in [0.1, 0.15) is 0 Å². The van der Waals surface area contributed by atoms with Gasteiger partial charge in [-0.05, 0) is 40.2 Å². The lowest BCUT2D eigenvalue weighted by Crippen LogP contribution is -1.93. The highest BCUT2D eigenvalue weighted by Crippen LogP contribution is 2.24. The van der Waals surface area contributed by atoms with Gasteiger partial charge in [-0.1, -0.05) is 11.6 Å². The second-order valence-electron chi connectivity index (χ2n) is 2.55. The number of benzene rings is 1. The Morgan fingerprint density at radius 3 is 2.85 bits per heavy atom. The number of rotatable bonds is 1. The SMILES string of the molecule is Clc1ccc(-n2cccn2)cc1Br. The fourth-order valence-electron chi connectivity index (χ4n) is 1.05. The fraction of sp³-hybridized carbons (Fsp3) is 0. The summed E-state index contributed by atoms with van der Waals surface area (Å²) in [5, 5.41) is 4.81. The Kier molecular flexibility index (Phi) is 2.38. The van der Waals surface area contributed by atoms with Crippen molar-refractivity contribution in [2.45, 2.75) is 0 Å². The smallest absolute Gasteiger partial charge is 0.0657 e. The van der Waals surface area contributed by atoms with E-state index in [2.05, 4.69) is 21.0 Å². The number of aromatic nitrogens is 2.